The average molecular weight is 658 g/mol. The van der Waals surface area contributed by atoms with Gasteiger partial charge in [0.25, 0.3) is 0 Å². The minimum absolute atomic E-state index is 0.122. The molecule has 6 aromatic rings. The first-order valence-corrected chi connectivity index (χ1v) is 15.7. The number of ketones is 1. The number of esters is 1. The quantitative estimate of drug-likeness (QED) is 0.139. The van der Waals surface area contributed by atoms with Crippen LogP contribution in [0.25, 0.3) is 21.5 Å². The third kappa shape index (κ3) is 6.63. The largest absolute Gasteiger partial charge is 0.462 e. The Hall–Kier alpha value is -5.88. The van der Waals surface area contributed by atoms with Crippen molar-refractivity contribution in [2.24, 2.45) is 0 Å². The Kier molecular flexibility index (Phi) is 9.23. The molecule has 0 N–H and O–H groups in total. The Balaban J connectivity index is 0.000000324. The summed E-state index contributed by atoms with van der Waals surface area (Å²) in [5, 5.41) is 13.5. The number of hydrogen-bond donors (Lipinski definition) is 0. The first kappa shape index (κ1) is 33.0. The number of aryl methyl sites for hydroxylation is 1. The summed E-state index contributed by atoms with van der Waals surface area (Å²) in [6.07, 6.45) is -0.134. The van der Waals surface area contributed by atoms with E-state index in [1.54, 1.807) is 25.1 Å². The molecule has 0 saturated heterocycles. The number of carbonyl (C=O) groups excluding carboxylic acids is 2. The van der Waals surface area contributed by atoms with Gasteiger partial charge in [-0.25, -0.2) is 14.8 Å². The monoisotopic (exact) mass is 657 g/mol. The van der Waals surface area contributed by atoms with Gasteiger partial charge in [0.05, 0.1) is 35.3 Å². The van der Waals surface area contributed by atoms with E-state index in [1.165, 1.54) is 24.8 Å². The molecule has 5 aromatic carbocycles. The number of ether oxygens (including phenoxy) is 1. The molecule has 7 rings (SSSR count). The molecule has 0 radical (unpaired) electrons. The lowest BCUT2D eigenvalue weighted by molar-refractivity contribution is -0.137. The van der Waals surface area contributed by atoms with Crippen LogP contribution in [0.2, 0.25) is 0 Å². The van der Waals surface area contributed by atoms with Gasteiger partial charge in [0.2, 0.25) is 0 Å². The minimum atomic E-state index is -4.50. The van der Waals surface area contributed by atoms with E-state index in [1.807, 2.05) is 36.4 Å². The van der Waals surface area contributed by atoms with E-state index in [0.29, 0.717) is 23.3 Å². The first-order valence-electron chi connectivity index (χ1n) is 15.7. The van der Waals surface area contributed by atoms with Crippen molar-refractivity contribution in [3.63, 3.8) is 0 Å². The van der Waals surface area contributed by atoms with E-state index in [2.05, 4.69) is 41.2 Å². The molecule has 0 saturated carbocycles. The molecule has 0 bridgehead atoms. The van der Waals surface area contributed by atoms with E-state index < -0.39 is 17.7 Å². The molecular formula is C40H30F3N3O3. The third-order valence-corrected chi connectivity index (χ3v) is 8.77. The van der Waals surface area contributed by atoms with Gasteiger partial charge in [0.15, 0.2) is 0 Å². The second-order valence-corrected chi connectivity index (χ2v) is 11.8. The standard InChI is InChI=1S/C33H22F3NO.C7H8N2O2/c1-19-15-29-26(25-8-3-2-7-24(19)25)13-14-27-31(22-5-4-6-23(16-22)33(34,35)36)30(38)17-28(32(27)29)21-11-9-20(18-37)10-12-21;1-2-11-7(10)6-3-8-5-9-4-6/h2-16,28,31H,17H2,1H3;3-5H,2H2,1H3. The molecule has 0 amide bonds. The number of hydrogen-bond acceptors (Lipinski definition) is 6. The van der Waals surface area contributed by atoms with Gasteiger partial charge < -0.3 is 4.74 Å². The van der Waals surface area contributed by atoms with Crippen molar-refractivity contribution in [3.8, 4) is 6.07 Å². The van der Waals surface area contributed by atoms with Crippen LogP contribution in [0.15, 0.2) is 110 Å². The summed E-state index contributed by atoms with van der Waals surface area (Å²) in [6.45, 7) is 4.17. The van der Waals surface area contributed by atoms with Gasteiger partial charge in [0, 0.05) is 24.7 Å². The normalized spacial score (nSPS) is 15.6. The lowest BCUT2D eigenvalue weighted by Gasteiger charge is -2.33. The van der Waals surface area contributed by atoms with Crippen molar-refractivity contribution in [2.45, 2.75) is 38.3 Å². The van der Waals surface area contributed by atoms with Crippen LogP contribution in [0, 0.1) is 18.3 Å². The van der Waals surface area contributed by atoms with Crippen molar-refractivity contribution in [2.75, 3.05) is 6.61 Å². The maximum Gasteiger partial charge on any atom is 0.416 e. The molecule has 1 heterocycles. The fourth-order valence-electron chi connectivity index (χ4n) is 6.59. The van der Waals surface area contributed by atoms with Gasteiger partial charge in [-0.05, 0) is 81.4 Å². The van der Waals surface area contributed by atoms with Crippen molar-refractivity contribution in [1.29, 1.82) is 5.26 Å². The highest BCUT2D eigenvalue weighted by atomic mass is 19.4. The first-order chi connectivity index (χ1) is 23.6. The molecule has 2 atom stereocenters. The van der Waals surface area contributed by atoms with Crippen LogP contribution in [-0.4, -0.2) is 28.3 Å². The Morgan fingerprint density at radius 2 is 1.57 bits per heavy atom. The zero-order valence-electron chi connectivity index (χ0n) is 26.7. The van der Waals surface area contributed by atoms with Crippen LogP contribution < -0.4 is 0 Å². The van der Waals surface area contributed by atoms with Gasteiger partial charge >= 0.3 is 12.1 Å². The summed E-state index contributed by atoms with van der Waals surface area (Å²) in [5.74, 6) is -1.58. The van der Waals surface area contributed by atoms with Crippen LogP contribution in [0.4, 0.5) is 13.2 Å². The predicted molar refractivity (Wildman–Crippen MR) is 180 cm³/mol. The summed E-state index contributed by atoms with van der Waals surface area (Å²) in [6, 6.07) is 28.7. The number of halogens is 3. The molecule has 9 heteroatoms. The Morgan fingerprint density at radius 3 is 2.24 bits per heavy atom. The maximum absolute atomic E-state index is 13.7. The number of rotatable bonds is 4. The van der Waals surface area contributed by atoms with Crippen LogP contribution in [0.3, 0.4) is 0 Å². The van der Waals surface area contributed by atoms with Gasteiger partial charge in [0.1, 0.15) is 12.1 Å². The molecule has 1 aliphatic carbocycles. The lowest BCUT2D eigenvalue weighted by Crippen LogP contribution is -2.26. The Morgan fingerprint density at radius 1 is 0.878 bits per heavy atom. The van der Waals surface area contributed by atoms with E-state index in [9.17, 15) is 28.0 Å². The number of carbonyl (C=O) groups is 2. The number of Topliss-reactive ketones (excluding diaryl/α,β-unsaturated/α-hetero) is 1. The number of aromatic nitrogens is 2. The van der Waals surface area contributed by atoms with Crippen LogP contribution in [0.5, 0.6) is 0 Å². The predicted octanol–water partition coefficient (Wildman–Crippen LogP) is 9.08. The number of nitriles is 1. The SMILES string of the molecule is CCOC(=O)c1cncnc1.Cc1cc2c3c(ccc2c2ccccc12)C(c1cccc(C(F)(F)F)c1)C(=O)CC3c1ccc(C#N)cc1. The van der Waals surface area contributed by atoms with E-state index >= 15 is 0 Å². The topological polar surface area (TPSA) is 92.9 Å². The Bertz CT molecular complexity index is 2230. The molecule has 1 aromatic heterocycles. The van der Waals surface area contributed by atoms with Gasteiger partial charge in [-0.15, -0.1) is 0 Å². The second kappa shape index (κ2) is 13.7. The van der Waals surface area contributed by atoms with Gasteiger partial charge in [-0.1, -0.05) is 72.8 Å². The van der Waals surface area contributed by atoms with E-state index in [-0.39, 0.29) is 24.1 Å². The molecule has 0 aliphatic heterocycles. The van der Waals surface area contributed by atoms with Crippen molar-refractivity contribution < 1.29 is 27.5 Å². The fourth-order valence-corrected chi connectivity index (χ4v) is 6.59. The van der Waals surface area contributed by atoms with Gasteiger partial charge in [-0.2, -0.15) is 18.4 Å². The lowest BCUT2D eigenvalue weighted by atomic mass is 9.69. The van der Waals surface area contributed by atoms with Crippen molar-refractivity contribution in [1.82, 2.24) is 9.97 Å². The van der Waals surface area contributed by atoms with Crippen molar-refractivity contribution in [3.05, 3.63) is 154 Å². The molecular weight excluding hydrogens is 627 g/mol. The minimum Gasteiger partial charge on any atom is -0.462 e. The highest BCUT2D eigenvalue weighted by molar-refractivity contribution is 6.11. The van der Waals surface area contributed by atoms with Crippen LogP contribution in [-0.2, 0) is 15.7 Å². The number of alkyl halides is 3. The Labute approximate surface area is 280 Å². The summed E-state index contributed by atoms with van der Waals surface area (Å²) >= 11 is 0. The van der Waals surface area contributed by atoms with Crippen LogP contribution in [0.1, 0.15) is 74.5 Å². The van der Waals surface area contributed by atoms with E-state index in [0.717, 1.165) is 55.9 Å². The third-order valence-electron chi connectivity index (χ3n) is 8.77. The highest BCUT2D eigenvalue weighted by Gasteiger charge is 2.38. The summed E-state index contributed by atoms with van der Waals surface area (Å²) in [7, 11) is 0. The smallest absolute Gasteiger partial charge is 0.416 e. The molecule has 244 valence electrons. The molecule has 0 fully saturated rings. The van der Waals surface area contributed by atoms with E-state index in [4.69, 9.17) is 4.74 Å². The second-order valence-electron chi connectivity index (χ2n) is 11.8. The van der Waals surface area contributed by atoms with Gasteiger partial charge in [-0.3, -0.25) is 4.79 Å². The molecule has 1 aliphatic rings. The molecule has 0 spiro atoms. The molecule has 6 nitrogen and oxygen atoms in total. The zero-order valence-corrected chi connectivity index (χ0v) is 26.7. The van der Waals surface area contributed by atoms with Crippen molar-refractivity contribution >= 4 is 33.3 Å². The zero-order chi connectivity index (χ0) is 34.7. The highest BCUT2D eigenvalue weighted by Crippen LogP contribution is 2.48. The number of fused-ring (bicyclic) bond motifs is 5. The molecule has 2 unspecified atom stereocenters. The van der Waals surface area contributed by atoms with Crippen LogP contribution >= 0.6 is 0 Å². The maximum atomic E-state index is 13.7. The number of nitrogens with zero attached hydrogens (tertiary/aromatic N) is 3. The average Bonchev–Trinajstić information content (AvgIpc) is 3.12. The molecule has 49 heavy (non-hydrogen) atoms. The number of benzene rings is 5. The summed E-state index contributed by atoms with van der Waals surface area (Å²) < 4.78 is 45.4. The fraction of sp³-hybridized carbons (Fsp3) is 0.175. The summed E-state index contributed by atoms with van der Waals surface area (Å²) in [5.41, 5.74) is 4.18. The summed E-state index contributed by atoms with van der Waals surface area (Å²) in [4.78, 5) is 32.0.